The summed E-state index contributed by atoms with van der Waals surface area (Å²) in [6.45, 7) is 1.57. The van der Waals surface area contributed by atoms with Gasteiger partial charge in [-0.25, -0.2) is 0 Å². The molecular formula is C21H22N6O3. The number of amides is 2. The van der Waals surface area contributed by atoms with Gasteiger partial charge < -0.3 is 14.7 Å². The first-order chi connectivity index (χ1) is 14.7. The van der Waals surface area contributed by atoms with Gasteiger partial charge in [0.05, 0.1) is 5.56 Å². The molecule has 0 aromatic carbocycles. The van der Waals surface area contributed by atoms with Crippen molar-refractivity contribution >= 4 is 11.8 Å². The summed E-state index contributed by atoms with van der Waals surface area (Å²) in [4.78, 5) is 38.7. The molecule has 1 fully saturated rings. The fourth-order valence-electron chi connectivity index (χ4n) is 3.44. The van der Waals surface area contributed by atoms with Crippen LogP contribution in [0.15, 0.2) is 53.6 Å². The van der Waals surface area contributed by atoms with Crippen molar-refractivity contribution in [1.82, 2.24) is 30.3 Å². The van der Waals surface area contributed by atoms with Gasteiger partial charge in [-0.2, -0.15) is 4.98 Å². The van der Waals surface area contributed by atoms with E-state index in [1.807, 2.05) is 17.0 Å². The molecule has 154 valence electrons. The average molecular weight is 406 g/mol. The molecule has 9 nitrogen and oxygen atoms in total. The molecule has 0 aliphatic carbocycles. The van der Waals surface area contributed by atoms with E-state index < -0.39 is 0 Å². The predicted molar refractivity (Wildman–Crippen MR) is 107 cm³/mol. The summed E-state index contributed by atoms with van der Waals surface area (Å²) in [6.07, 6.45) is 8.31. The van der Waals surface area contributed by atoms with Crippen LogP contribution >= 0.6 is 0 Å². The predicted octanol–water partition coefficient (Wildman–Crippen LogP) is 2.05. The van der Waals surface area contributed by atoms with Gasteiger partial charge in [0, 0.05) is 62.3 Å². The zero-order valence-electron chi connectivity index (χ0n) is 16.4. The molecule has 1 aliphatic rings. The summed E-state index contributed by atoms with van der Waals surface area (Å²) in [5, 5.41) is 6.88. The van der Waals surface area contributed by atoms with Gasteiger partial charge in [-0.05, 0) is 37.1 Å². The first-order valence-corrected chi connectivity index (χ1v) is 9.90. The zero-order chi connectivity index (χ0) is 20.8. The van der Waals surface area contributed by atoms with Crippen molar-refractivity contribution in [3.8, 4) is 11.5 Å². The highest BCUT2D eigenvalue weighted by Crippen LogP contribution is 2.28. The minimum atomic E-state index is -0.225. The van der Waals surface area contributed by atoms with E-state index >= 15 is 0 Å². The van der Waals surface area contributed by atoms with Crippen LogP contribution in [0.4, 0.5) is 0 Å². The monoisotopic (exact) mass is 406 g/mol. The summed E-state index contributed by atoms with van der Waals surface area (Å²) in [5.74, 6) is 1.13. The molecule has 0 saturated carbocycles. The van der Waals surface area contributed by atoms with Crippen molar-refractivity contribution < 1.29 is 14.1 Å². The van der Waals surface area contributed by atoms with Crippen LogP contribution in [-0.4, -0.2) is 56.5 Å². The molecule has 0 atom stereocenters. The van der Waals surface area contributed by atoms with E-state index in [9.17, 15) is 9.59 Å². The van der Waals surface area contributed by atoms with E-state index in [0.717, 1.165) is 18.4 Å². The number of rotatable bonds is 6. The molecule has 0 bridgehead atoms. The number of pyridine rings is 2. The second-order valence-electron chi connectivity index (χ2n) is 7.10. The number of nitrogens with one attached hydrogen (secondary N) is 1. The molecule has 0 spiro atoms. The highest BCUT2D eigenvalue weighted by molar-refractivity contribution is 5.94. The second-order valence-corrected chi connectivity index (χ2v) is 7.10. The van der Waals surface area contributed by atoms with E-state index in [4.69, 9.17) is 4.52 Å². The van der Waals surface area contributed by atoms with Gasteiger partial charge in [0.2, 0.25) is 5.91 Å². The van der Waals surface area contributed by atoms with Crippen LogP contribution in [0.3, 0.4) is 0 Å². The lowest BCUT2D eigenvalue weighted by molar-refractivity contribution is -0.132. The van der Waals surface area contributed by atoms with Gasteiger partial charge in [0.15, 0.2) is 5.82 Å². The van der Waals surface area contributed by atoms with Crippen LogP contribution < -0.4 is 5.32 Å². The molecule has 1 aliphatic heterocycles. The number of aromatic nitrogens is 4. The van der Waals surface area contributed by atoms with Gasteiger partial charge >= 0.3 is 0 Å². The maximum atomic E-state index is 12.5. The van der Waals surface area contributed by atoms with E-state index in [-0.39, 0.29) is 24.2 Å². The van der Waals surface area contributed by atoms with Crippen LogP contribution in [-0.2, 0) is 4.79 Å². The van der Waals surface area contributed by atoms with Crippen molar-refractivity contribution in [1.29, 1.82) is 0 Å². The van der Waals surface area contributed by atoms with Gasteiger partial charge in [-0.15, -0.1) is 0 Å². The smallest absolute Gasteiger partial charge is 0.258 e. The lowest BCUT2D eigenvalue weighted by Crippen LogP contribution is -2.39. The Labute approximate surface area is 173 Å². The lowest BCUT2D eigenvalue weighted by Gasteiger charge is -2.30. The van der Waals surface area contributed by atoms with Crippen LogP contribution in [0, 0.1) is 0 Å². The number of hydrogen-bond donors (Lipinski definition) is 1. The van der Waals surface area contributed by atoms with Crippen LogP contribution in [0.5, 0.6) is 0 Å². The first kappa shape index (κ1) is 19.7. The molecule has 9 heteroatoms. The summed E-state index contributed by atoms with van der Waals surface area (Å²) in [7, 11) is 0. The molecule has 30 heavy (non-hydrogen) atoms. The standard InChI is InChI=1S/C21H22N6O3/c28-18(5-11-24-20(29)17-2-1-8-23-14-17)27-12-6-15(7-13-27)19-25-21(30-26-19)16-3-9-22-10-4-16/h1-4,8-10,14-15H,5-7,11-13H2,(H,24,29). The number of likely N-dealkylation sites (tertiary alicyclic amines) is 1. The fraction of sp³-hybridized carbons (Fsp3) is 0.333. The number of piperidine rings is 1. The molecule has 0 unspecified atom stereocenters. The maximum Gasteiger partial charge on any atom is 0.258 e. The minimum absolute atomic E-state index is 0.0329. The molecule has 0 radical (unpaired) electrons. The van der Waals surface area contributed by atoms with Crippen molar-refractivity contribution in [3.63, 3.8) is 0 Å². The molecule has 4 heterocycles. The van der Waals surface area contributed by atoms with Crippen molar-refractivity contribution in [3.05, 3.63) is 60.4 Å². The summed E-state index contributed by atoms with van der Waals surface area (Å²) in [6, 6.07) is 7.04. The van der Waals surface area contributed by atoms with Gasteiger partial charge in [-0.1, -0.05) is 5.16 Å². The Morgan fingerprint density at radius 1 is 1.10 bits per heavy atom. The minimum Gasteiger partial charge on any atom is -0.351 e. The topological polar surface area (TPSA) is 114 Å². The Kier molecular flexibility index (Phi) is 6.07. The van der Waals surface area contributed by atoms with Crippen molar-refractivity contribution in [2.24, 2.45) is 0 Å². The first-order valence-electron chi connectivity index (χ1n) is 9.90. The summed E-state index contributed by atoms with van der Waals surface area (Å²) in [5.41, 5.74) is 1.32. The quantitative estimate of drug-likeness (QED) is 0.666. The molecular weight excluding hydrogens is 384 g/mol. The highest BCUT2D eigenvalue weighted by Gasteiger charge is 2.27. The highest BCUT2D eigenvalue weighted by atomic mass is 16.5. The Balaban J connectivity index is 1.23. The number of carbonyl (C=O) groups is 2. The molecule has 3 aromatic rings. The Morgan fingerprint density at radius 2 is 1.90 bits per heavy atom. The average Bonchev–Trinajstić information content (AvgIpc) is 3.30. The third kappa shape index (κ3) is 4.68. The van der Waals surface area contributed by atoms with Gasteiger partial charge in [-0.3, -0.25) is 19.6 Å². The maximum absolute atomic E-state index is 12.5. The molecule has 4 rings (SSSR count). The van der Waals surface area contributed by atoms with Crippen molar-refractivity contribution in [2.45, 2.75) is 25.2 Å². The van der Waals surface area contributed by atoms with E-state index in [0.29, 0.717) is 36.9 Å². The van der Waals surface area contributed by atoms with E-state index in [2.05, 4.69) is 25.4 Å². The van der Waals surface area contributed by atoms with Crippen LogP contribution in [0.25, 0.3) is 11.5 Å². The summed E-state index contributed by atoms with van der Waals surface area (Å²) < 4.78 is 5.38. The largest absolute Gasteiger partial charge is 0.351 e. The molecule has 1 N–H and O–H groups in total. The van der Waals surface area contributed by atoms with E-state index in [1.165, 1.54) is 6.20 Å². The number of nitrogens with zero attached hydrogens (tertiary/aromatic N) is 5. The Morgan fingerprint density at radius 3 is 2.63 bits per heavy atom. The third-order valence-corrected chi connectivity index (χ3v) is 5.13. The van der Waals surface area contributed by atoms with Crippen molar-refractivity contribution in [2.75, 3.05) is 19.6 Å². The Bertz CT molecular complexity index is 984. The van der Waals surface area contributed by atoms with Gasteiger partial charge in [0.25, 0.3) is 11.8 Å². The Hall–Kier alpha value is -3.62. The molecule has 2 amide bonds. The second kappa shape index (κ2) is 9.25. The van der Waals surface area contributed by atoms with E-state index in [1.54, 1.807) is 30.7 Å². The SMILES string of the molecule is O=C(NCCC(=O)N1CCC(c2noc(-c3ccncc3)n2)CC1)c1cccnc1. The van der Waals surface area contributed by atoms with Crippen LogP contribution in [0.1, 0.15) is 41.4 Å². The third-order valence-electron chi connectivity index (χ3n) is 5.13. The molecule has 3 aromatic heterocycles. The number of hydrogen-bond acceptors (Lipinski definition) is 7. The summed E-state index contributed by atoms with van der Waals surface area (Å²) >= 11 is 0. The molecule has 1 saturated heterocycles. The zero-order valence-corrected chi connectivity index (χ0v) is 16.4. The normalized spacial score (nSPS) is 14.5. The lowest BCUT2D eigenvalue weighted by atomic mass is 9.96. The number of carbonyl (C=O) groups excluding carboxylic acids is 2. The van der Waals surface area contributed by atoms with Gasteiger partial charge in [0.1, 0.15) is 0 Å². The van der Waals surface area contributed by atoms with Crippen LogP contribution in [0.2, 0.25) is 0 Å². The fourth-order valence-corrected chi connectivity index (χ4v) is 3.44.